The first-order chi connectivity index (χ1) is 7.22. The Morgan fingerprint density at radius 1 is 0.667 bits per heavy atom. The first-order valence-electron chi connectivity index (χ1n) is 6.12. The van der Waals surface area contributed by atoms with Crippen LogP contribution in [-0.2, 0) is 4.79 Å². The third-order valence-electron chi connectivity index (χ3n) is 3.10. The first kappa shape index (κ1) is 12.2. The molecule has 1 fully saturated rings. The van der Waals surface area contributed by atoms with Gasteiger partial charge < -0.3 is 0 Å². The lowest BCUT2D eigenvalue weighted by atomic mass is 9.95. The van der Waals surface area contributed by atoms with E-state index < -0.39 is 0 Å². The quantitative estimate of drug-likeness (QED) is 0.543. The van der Waals surface area contributed by atoms with Crippen LogP contribution in [0.15, 0.2) is 24.3 Å². The molecule has 84 valence electrons. The Morgan fingerprint density at radius 2 is 1.00 bits per heavy atom. The van der Waals surface area contributed by atoms with Gasteiger partial charge in [-0.1, -0.05) is 45.3 Å². The van der Waals surface area contributed by atoms with Crippen LogP contribution >= 0.6 is 0 Å². The van der Waals surface area contributed by atoms with Crippen molar-refractivity contribution in [3.63, 3.8) is 0 Å². The SMILES string of the molecule is C=C1CCCCCCCCCC(=C)C1=O. The summed E-state index contributed by atoms with van der Waals surface area (Å²) in [5.74, 6) is 0.121. The van der Waals surface area contributed by atoms with Crippen LogP contribution in [0, 0.1) is 0 Å². The lowest BCUT2D eigenvalue weighted by Gasteiger charge is -2.09. The highest BCUT2D eigenvalue weighted by Crippen LogP contribution is 2.19. The predicted molar refractivity (Wildman–Crippen MR) is 64.8 cm³/mol. The molecule has 0 aromatic rings. The molecule has 0 amide bonds. The molecule has 0 bridgehead atoms. The van der Waals surface area contributed by atoms with Crippen LogP contribution in [0.1, 0.15) is 57.8 Å². The van der Waals surface area contributed by atoms with Gasteiger partial charge in [-0.15, -0.1) is 0 Å². The summed E-state index contributed by atoms with van der Waals surface area (Å²) in [7, 11) is 0. The zero-order chi connectivity index (χ0) is 11.1. The minimum atomic E-state index is 0.121. The van der Waals surface area contributed by atoms with Gasteiger partial charge in [0, 0.05) is 0 Å². The molecule has 1 aliphatic rings. The third kappa shape index (κ3) is 4.46. The van der Waals surface area contributed by atoms with Crippen LogP contribution in [-0.4, -0.2) is 5.78 Å². The minimum absolute atomic E-state index is 0.121. The Kier molecular flexibility index (Phi) is 5.38. The molecule has 0 aromatic heterocycles. The summed E-state index contributed by atoms with van der Waals surface area (Å²) >= 11 is 0. The lowest BCUT2D eigenvalue weighted by molar-refractivity contribution is -0.112. The number of hydrogen-bond donors (Lipinski definition) is 0. The van der Waals surface area contributed by atoms with E-state index in [1.54, 1.807) is 0 Å². The molecule has 1 rings (SSSR count). The Labute approximate surface area is 93.3 Å². The van der Waals surface area contributed by atoms with Crippen molar-refractivity contribution in [1.29, 1.82) is 0 Å². The van der Waals surface area contributed by atoms with Crippen LogP contribution in [0.2, 0.25) is 0 Å². The van der Waals surface area contributed by atoms with E-state index in [1.165, 1.54) is 32.1 Å². The molecule has 0 unspecified atom stereocenters. The second-order valence-electron chi connectivity index (χ2n) is 4.51. The molecular weight excluding hydrogens is 184 g/mol. The summed E-state index contributed by atoms with van der Waals surface area (Å²) in [6.45, 7) is 7.73. The topological polar surface area (TPSA) is 17.1 Å². The summed E-state index contributed by atoms with van der Waals surface area (Å²) in [4.78, 5) is 11.8. The number of allylic oxidation sites excluding steroid dienone is 2. The van der Waals surface area contributed by atoms with E-state index in [9.17, 15) is 4.79 Å². The maximum Gasteiger partial charge on any atom is 0.183 e. The van der Waals surface area contributed by atoms with Crippen LogP contribution in [0.4, 0.5) is 0 Å². The van der Waals surface area contributed by atoms with Gasteiger partial charge in [-0.05, 0) is 36.8 Å². The van der Waals surface area contributed by atoms with Crippen molar-refractivity contribution < 1.29 is 4.79 Å². The van der Waals surface area contributed by atoms with Crippen molar-refractivity contribution in [3.8, 4) is 0 Å². The van der Waals surface area contributed by atoms with E-state index >= 15 is 0 Å². The zero-order valence-corrected chi connectivity index (χ0v) is 9.69. The van der Waals surface area contributed by atoms with Crippen LogP contribution in [0.5, 0.6) is 0 Å². The number of hydrogen-bond acceptors (Lipinski definition) is 1. The molecular formula is C14H22O. The van der Waals surface area contributed by atoms with Gasteiger partial charge in [-0.3, -0.25) is 4.79 Å². The van der Waals surface area contributed by atoms with Gasteiger partial charge in [0.25, 0.3) is 0 Å². The van der Waals surface area contributed by atoms with Crippen LogP contribution in [0.3, 0.4) is 0 Å². The van der Waals surface area contributed by atoms with Crippen LogP contribution in [0.25, 0.3) is 0 Å². The smallest absolute Gasteiger partial charge is 0.183 e. The molecule has 0 aliphatic heterocycles. The van der Waals surface area contributed by atoms with Crippen molar-refractivity contribution in [2.45, 2.75) is 57.8 Å². The summed E-state index contributed by atoms with van der Waals surface area (Å²) in [5.41, 5.74) is 1.53. The van der Waals surface area contributed by atoms with E-state index in [2.05, 4.69) is 13.2 Å². The fourth-order valence-corrected chi connectivity index (χ4v) is 2.04. The van der Waals surface area contributed by atoms with Gasteiger partial charge >= 0.3 is 0 Å². The summed E-state index contributed by atoms with van der Waals surface area (Å²) in [6.07, 6.45) is 10.4. The second-order valence-corrected chi connectivity index (χ2v) is 4.51. The predicted octanol–water partition coefficient (Wildman–Crippen LogP) is 4.19. The lowest BCUT2D eigenvalue weighted by Crippen LogP contribution is -2.05. The molecule has 0 heterocycles. The highest BCUT2D eigenvalue weighted by Gasteiger charge is 2.11. The Morgan fingerprint density at radius 3 is 1.40 bits per heavy atom. The number of Topliss-reactive ketones (excluding diaryl/α,β-unsaturated/α-hetero) is 1. The van der Waals surface area contributed by atoms with Crippen molar-refractivity contribution in [1.82, 2.24) is 0 Å². The van der Waals surface area contributed by atoms with Gasteiger partial charge in [0.15, 0.2) is 5.78 Å². The molecule has 0 atom stereocenters. The Balaban J connectivity index is 2.48. The van der Waals surface area contributed by atoms with Crippen LogP contribution < -0.4 is 0 Å². The summed E-state index contributed by atoms with van der Waals surface area (Å²) in [6, 6.07) is 0. The molecule has 1 saturated carbocycles. The highest BCUT2D eigenvalue weighted by molar-refractivity contribution is 6.07. The molecule has 0 aromatic carbocycles. The number of carbonyl (C=O) groups excluding carboxylic acids is 1. The fourth-order valence-electron chi connectivity index (χ4n) is 2.04. The van der Waals surface area contributed by atoms with E-state index in [1.807, 2.05) is 0 Å². The standard InChI is InChI=1S/C14H22O/c1-12-10-8-6-4-3-5-7-9-11-13(2)14(12)15/h1-11H2. The van der Waals surface area contributed by atoms with Crippen molar-refractivity contribution in [2.75, 3.05) is 0 Å². The van der Waals surface area contributed by atoms with E-state index in [4.69, 9.17) is 0 Å². The largest absolute Gasteiger partial charge is 0.289 e. The number of ketones is 1. The summed E-state index contributed by atoms with van der Waals surface area (Å²) in [5, 5.41) is 0. The van der Waals surface area contributed by atoms with E-state index in [0.717, 1.165) is 36.8 Å². The Hall–Kier alpha value is -0.850. The number of rotatable bonds is 0. The molecule has 1 heteroatoms. The van der Waals surface area contributed by atoms with Crippen molar-refractivity contribution in [3.05, 3.63) is 24.3 Å². The van der Waals surface area contributed by atoms with Gasteiger partial charge in [0.2, 0.25) is 0 Å². The minimum Gasteiger partial charge on any atom is -0.289 e. The normalized spacial score (nSPS) is 22.0. The van der Waals surface area contributed by atoms with Gasteiger partial charge in [0.05, 0.1) is 0 Å². The van der Waals surface area contributed by atoms with Crippen molar-refractivity contribution in [2.24, 2.45) is 0 Å². The second kappa shape index (κ2) is 6.60. The maximum absolute atomic E-state index is 11.8. The average molecular weight is 206 g/mol. The van der Waals surface area contributed by atoms with Gasteiger partial charge in [0.1, 0.15) is 0 Å². The van der Waals surface area contributed by atoms with Crippen molar-refractivity contribution >= 4 is 5.78 Å². The maximum atomic E-state index is 11.8. The Bertz CT molecular complexity index is 226. The molecule has 0 saturated heterocycles. The highest BCUT2D eigenvalue weighted by atomic mass is 16.1. The summed E-state index contributed by atoms with van der Waals surface area (Å²) < 4.78 is 0. The first-order valence-corrected chi connectivity index (χ1v) is 6.12. The monoisotopic (exact) mass is 206 g/mol. The molecule has 1 nitrogen and oxygen atoms in total. The van der Waals surface area contributed by atoms with E-state index in [-0.39, 0.29) is 5.78 Å². The van der Waals surface area contributed by atoms with Gasteiger partial charge in [-0.25, -0.2) is 0 Å². The fraction of sp³-hybridized carbons (Fsp3) is 0.643. The molecule has 0 spiro atoms. The van der Waals surface area contributed by atoms with E-state index in [0.29, 0.717) is 0 Å². The average Bonchev–Trinajstić information content (AvgIpc) is 2.23. The molecule has 0 N–H and O–H groups in total. The molecule has 1 aliphatic carbocycles. The van der Waals surface area contributed by atoms with Gasteiger partial charge in [-0.2, -0.15) is 0 Å². The zero-order valence-electron chi connectivity index (χ0n) is 9.69. The number of carbonyl (C=O) groups is 1. The third-order valence-corrected chi connectivity index (χ3v) is 3.10. The molecule has 0 radical (unpaired) electrons. The molecule has 15 heavy (non-hydrogen) atoms.